The minimum absolute atomic E-state index is 0.277. The average molecular weight is 371 g/mol. The quantitative estimate of drug-likeness (QED) is 0.723. The van der Waals surface area contributed by atoms with Crippen molar-refractivity contribution in [2.24, 2.45) is 0 Å². The molecular weight excluding hydrogens is 348 g/mol. The first-order chi connectivity index (χ1) is 12.8. The lowest BCUT2D eigenvalue weighted by Gasteiger charge is -2.35. The number of halogens is 1. The third kappa shape index (κ3) is 3.91. The Balaban J connectivity index is 1.47. The van der Waals surface area contributed by atoms with Crippen molar-refractivity contribution in [2.45, 2.75) is 12.6 Å². The second-order valence-electron chi connectivity index (χ2n) is 6.55. The van der Waals surface area contributed by atoms with Crippen LogP contribution in [0.25, 0.3) is 5.52 Å². The van der Waals surface area contributed by atoms with E-state index >= 15 is 0 Å². The summed E-state index contributed by atoms with van der Waals surface area (Å²) in [4.78, 5) is 2.47. The van der Waals surface area contributed by atoms with Crippen molar-refractivity contribution in [3.05, 3.63) is 71.0 Å². The first-order valence-electron chi connectivity index (χ1n) is 9.00. The molecule has 136 valence electrons. The fourth-order valence-corrected chi connectivity index (χ4v) is 3.73. The van der Waals surface area contributed by atoms with Crippen LogP contribution >= 0.6 is 11.6 Å². The molecule has 0 aliphatic carbocycles. The monoisotopic (exact) mass is 370 g/mol. The van der Waals surface area contributed by atoms with Crippen LogP contribution in [-0.4, -0.2) is 47.4 Å². The standard InChI is InChI=1S/C20H23ClN4O/c21-18-5-3-4-16(12-18)20(24-8-10-26-11-9-24)15-22-13-17-14-23-25-7-2-1-6-19(17)25/h1-7,12,14,20,22H,8-11,13,15H2. The zero-order valence-corrected chi connectivity index (χ0v) is 15.4. The summed E-state index contributed by atoms with van der Waals surface area (Å²) in [6.07, 6.45) is 3.91. The first kappa shape index (κ1) is 17.5. The molecule has 1 saturated heterocycles. The number of aromatic nitrogens is 2. The lowest BCUT2D eigenvalue weighted by Crippen LogP contribution is -2.42. The Hall–Kier alpha value is -1.92. The number of morpholine rings is 1. The Bertz CT molecular complexity index is 860. The van der Waals surface area contributed by atoms with E-state index in [0.29, 0.717) is 0 Å². The molecule has 0 spiro atoms. The van der Waals surface area contributed by atoms with Gasteiger partial charge in [0.2, 0.25) is 0 Å². The molecule has 0 bridgehead atoms. The van der Waals surface area contributed by atoms with Gasteiger partial charge in [0.1, 0.15) is 0 Å². The maximum absolute atomic E-state index is 6.23. The van der Waals surface area contributed by atoms with Crippen LogP contribution in [0.4, 0.5) is 0 Å². The van der Waals surface area contributed by atoms with Crippen molar-refractivity contribution >= 4 is 17.1 Å². The van der Waals surface area contributed by atoms with Gasteiger partial charge in [0.15, 0.2) is 0 Å². The van der Waals surface area contributed by atoms with Gasteiger partial charge >= 0.3 is 0 Å². The largest absolute Gasteiger partial charge is 0.379 e. The Morgan fingerprint density at radius 2 is 2.04 bits per heavy atom. The van der Waals surface area contributed by atoms with E-state index in [-0.39, 0.29) is 6.04 Å². The molecule has 1 aliphatic rings. The van der Waals surface area contributed by atoms with Gasteiger partial charge in [0.25, 0.3) is 0 Å². The molecule has 6 heteroatoms. The number of nitrogens with zero attached hydrogens (tertiary/aromatic N) is 3. The van der Waals surface area contributed by atoms with Gasteiger partial charge in [-0.05, 0) is 29.8 Å². The molecule has 1 aliphatic heterocycles. The summed E-state index contributed by atoms with van der Waals surface area (Å²) >= 11 is 6.23. The van der Waals surface area contributed by atoms with E-state index in [0.717, 1.165) is 49.9 Å². The van der Waals surface area contributed by atoms with Crippen LogP contribution in [-0.2, 0) is 11.3 Å². The van der Waals surface area contributed by atoms with Crippen LogP contribution in [0, 0.1) is 0 Å². The average Bonchev–Trinajstić information content (AvgIpc) is 3.09. The van der Waals surface area contributed by atoms with E-state index in [1.807, 2.05) is 41.2 Å². The Morgan fingerprint density at radius 1 is 1.15 bits per heavy atom. The number of fused-ring (bicyclic) bond motifs is 1. The minimum Gasteiger partial charge on any atom is -0.379 e. The van der Waals surface area contributed by atoms with Gasteiger partial charge in [-0.1, -0.05) is 29.8 Å². The summed E-state index contributed by atoms with van der Waals surface area (Å²) in [5, 5.41) is 8.81. The molecule has 0 radical (unpaired) electrons. The smallest absolute Gasteiger partial charge is 0.0706 e. The van der Waals surface area contributed by atoms with E-state index in [1.165, 1.54) is 11.1 Å². The summed E-state index contributed by atoms with van der Waals surface area (Å²) < 4.78 is 7.43. The summed E-state index contributed by atoms with van der Waals surface area (Å²) in [6, 6.07) is 14.6. The zero-order chi connectivity index (χ0) is 17.8. The van der Waals surface area contributed by atoms with E-state index in [4.69, 9.17) is 16.3 Å². The van der Waals surface area contributed by atoms with Crippen LogP contribution in [0.5, 0.6) is 0 Å². The molecule has 3 heterocycles. The van der Waals surface area contributed by atoms with Crippen molar-refractivity contribution in [3.63, 3.8) is 0 Å². The van der Waals surface area contributed by atoms with Crippen molar-refractivity contribution < 1.29 is 4.74 Å². The molecule has 26 heavy (non-hydrogen) atoms. The number of hydrogen-bond donors (Lipinski definition) is 1. The minimum atomic E-state index is 0.277. The van der Waals surface area contributed by atoms with Crippen molar-refractivity contribution in [2.75, 3.05) is 32.8 Å². The second-order valence-corrected chi connectivity index (χ2v) is 6.99. The van der Waals surface area contributed by atoms with Crippen LogP contribution < -0.4 is 5.32 Å². The van der Waals surface area contributed by atoms with E-state index in [1.54, 1.807) is 0 Å². The number of benzene rings is 1. The third-order valence-electron chi connectivity index (χ3n) is 4.88. The maximum Gasteiger partial charge on any atom is 0.0706 e. The lowest BCUT2D eigenvalue weighted by atomic mass is 10.0. The Kier molecular flexibility index (Phi) is 5.51. The molecule has 2 aromatic heterocycles. The molecule has 5 nitrogen and oxygen atoms in total. The van der Waals surface area contributed by atoms with Gasteiger partial charge in [0.05, 0.1) is 24.9 Å². The summed E-state index contributed by atoms with van der Waals surface area (Å²) in [5.74, 6) is 0. The van der Waals surface area contributed by atoms with E-state index in [9.17, 15) is 0 Å². The molecule has 1 atom stereocenters. The fraction of sp³-hybridized carbons (Fsp3) is 0.350. The fourth-order valence-electron chi connectivity index (χ4n) is 3.53. The predicted molar refractivity (Wildman–Crippen MR) is 103 cm³/mol. The molecule has 1 N–H and O–H groups in total. The van der Waals surface area contributed by atoms with Crippen LogP contribution in [0.1, 0.15) is 17.2 Å². The van der Waals surface area contributed by atoms with Crippen LogP contribution in [0.15, 0.2) is 54.9 Å². The number of rotatable bonds is 6. The highest BCUT2D eigenvalue weighted by Crippen LogP contribution is 2.24. The summed E-state index contributed by atoms with van der Waals surface area (Å²) in [7, 11) is 0. The SMILES string of the molecule is Clc1cccc(C(CNCc2cnn3ccccc23)N2CCOCC2)c1. The number of ether oxygens (including phenoxy) is 1. The van der Waals surface area contributed by atoms with Gasteiger partial charge in [-0.15, -0.1) is 0 Å². The second kappa shape index (κ2) is 8.18. The van der Waals surface area contributed by atoms with Crippen molar-refractivity contribution in [1.29, 1.82) is 0 Å². The molecule has 1 aromatic carbocycles. The highest BCUT2D eigenvalue weighted by Gasteiger charge is 2.22. The number of hydrogen-bond acceptors (Lipinski definition) is 4. The van der Waals surface area contributed by atoms with Crippen molar-refractivity contribution in [3.8, 4) is 0 Å². The summed E-state index contributed by atoms with van der Waals surface area (Å²) in [6.45, 7) is 5.08. The van der Waals surface area contributed by atoms with Gasteiger partial charge < -0.3 is 10.1 Å². The van der Waals surface area contributed by atoms with Crippen LogP contribution in [0.3, 0.4) is 0 Å². The van der Waals surface area contributed by atoms with E-state index < -0.39 is 0 Å². The topological polar surface area (TPSA) is 41.8 Å². The van der Waals surface area contributed by atoms with Gasteiger partial charge in [-0.3, -0.25) is 4.90 Å². The van der Waals surface area contributed by atoms with Gasteiger partial charge in [-0.2, -0.15) is 5.10 Å². The molecule has 3 aromatic rings. The normalized spacial score (nSPS) is 16.8. The van der Waals surface area contributed by atoms with Gasteiger partial charge in [-0.25, -0.2) is 4.52 Å². The first-order valence-corrected chi connectivity index (χ1v) is 9.38. The number of nitrogens with one attached hydrogen (secondary N) is 1. The number of pyridine rings is 1. The Morgan fingerprint density at radius 3 is 2.88 bits per heavy atom. The zero-order valence-electron chi connectivity index (χ0n) is 14.6. The molecule has 4 rings (SSSR count). The van der Waals surface area contributed by atoms with Crippen LogP contribution in [0.2, 0.25) is 5.02 Å². The molecule has 0 saturated carbocycles. The lowest BCUT2D eigenvalue weighted by molar-refractivity contribution is 0.0161. The summed E-state index contributed by atoms with van der Waals surface area (Å²) in [5.41, 5.74) is 3.59. The Labute approximate surface area is 158 Å². The maximum atomic E-state index is 6.23. The van der Waals surface area contributed by atoms with E-state index in [2.05, 4.69) is 33.5 Å². The molecule has 1 unspecified atom stereocenters. The molecular formula is C20H23ClN4O. The third-order valence-corrected chi connectivity index (χ3v) is 5.11. The molecule has 1 fully saturated rings. The highest BCUT2D eigenvalue weighted by atomic mass is 35.5. The van der Waals surface area contributed by atoms with Crippen molar-refractivity contribution in [1.82, 2.24) is 19.8 Å². The highest BCUT2D eigenvalue weighted by molar-refractivity contribution is 6.30. The van der Waals surface area contributed by atoms with Gasteiger partial charge in [0, 0.05) is 49.0 Å². The molecule has 0 amide bonds. The predicted octanol–water partition coefficient (Wildman–Crippen LogP) is 3.15.